The Morgan fingerprint density at radius 1 is 1.00 bits per heavy atom. The molecule has 0 aliphatic carbocycles. The molecule has 0 aliphatic rings. The molecule has 0 saturated carbocycles. The summed E-state index contributed by atoms with van der Waals surface area (Å²) < 4.78 is 45.5. The first-order chi connectivity index (χ1) is 8.94. The van der Waals surface area contributed by atoms with Crippen LogP contribution in [0.3, 0.4) is 0 Å². The van der Waals surface area contributed by atoms with Gasteiger partial charge in [0, 0.05) is 0 Å². The lowest BCUT2D eigenvalue weighted by molar-refractivity contribution is -0.275. The first-order valence-electron chi connectivity index (χ1n) is 5.04. The van der Waals surface area contributed by atoms with E-state index in [4.69, 9.17) is 10.5 Å². The number of nitrogens with zero attached hydrogens (tertiary/aromatic N) is 2. The van der Waals surface area contributed by atoms with Crippen LogP contribution in [0.5, 0.6) is 17.5 Å². The van der Waals surface area contributed by atoms with Crippen molar-refractivity contribution in [3.05, 3.63) is 36.7 Å². The molecule has 5 nitrogen and oxygen atoms in total. The topological polar surface area (TPSA) is 70.3 Å². The van der Waals surface area contributed by atoms with Gasteiger partial charge in [-0.15, -0.1) is 13.2 Å². The second-order valence-corrected chi connectivity index (χ2v) is 3.40. The predicted octanol–water partition coefficient (Wildman–Crippen LogP) is 2.75. The summed E-state index contributed by atoms with van der Waals surface area (Å²) in [5, 5.41) is 0. The predicted molar refractivity (Wildman–Crippen MR) is 59.6 cm³/mol. The maximum Gasteiger partial charge on any atom is 0.573 e. The molecule has 0 aliphatic heterocycles. The summed E-state index contributed by atoms with van der Waals surface area (Å²) in [6.45, 7) is 0. The third-order valence-electron chi connectivity index (χ3n) is 1.92. The SMILES string of the molecule is Nc1cnc(Oc2ccccc2OC(F)(F)F)nc1. The van der Waals surface area contributed by atoms with Crippen LogP contribution in [0.1, 0.15) is 0 Å². The maximum atomic E-state index is 12.2. The number of hydrogen-bond acceptors (Lipinski definition) is 5. The van der Waals surface area contributed by atoms with Gasteiger partial charge in [0.25, 0.3) is 0 Å². The number of hydrogen-bond donors (Lipinski definition) is 1. The smallest absolute Gasteiger partial charge is 0.420 e. The number of rotatable bonds is 3. The van der Waals surface area contributed by atoms with Crippen LogP contribution < -0.4 is 15.2 Å². The Balaban J connectivity index is 2.22. The number of halogens is 3. The minimum Gasteiger partial charge on any atom is -0.420 e. The van der Waals surface area contributed by atoms with E-state index in [2.05, 4.69) is 14.7 Å². The van der Waals surface area contributed by atoms with Crippen molar-refractivity contribution in [2.24, 2.45) is 0 Å². The molecular formula is C11H8F3N3O2. The molecule has 2 rings (SSSR count). The summed E-state index contributed by atoms with van der Waals surface area (Å²) in [4.78, 5) is 7.43. The van der Waals surface area contributed by atoms with Crippen LogP contribution in [0.15, 0.2) is 36.7 Å². The summed E-state index contributed by atoms with van der Waals surface area (Å²) in [5.41, 5.74) is 5.69. The van der Waals surface area contributed by atoms with Gasteiger partial charge in [-0.3, -0.25) is 0 Å². The summed E-state index contributed by atoms with van der Waals surface area (Å²) in [6.07, 6.45) is -2.26. The molecule has 8 heteroatoms. The van der Waals surface area contributed by atoms with Crippen LogP contribution in [0.25, 0.3) is 0 Å². The molecule has 1 aromatic carbocycles. The fraction of sp³-hybridized carbons (Fsp3) is 0.0909. The van der Waals surface area contributed by atoms with Crippen molar-refractivity contribution in [2.45, 2.75) is 6.36 Å². The third-order valence-corrected chi connectivity index (χ3v) is 1.92. The number of benzene rings is 1. The first kappa shape index (κ1) is 12.9. The summed E-state index contributed by atoms with van der Waals surface area (Å²) >= 11 is 0. The molecule has 0 fully saturated rings. The highest BCUT2D eigenvalue weighted by Gasteiger charge is 2.32. The summed E-state index contributed by atoms with van der Waals surface area (Å²) in [5.74, 6) is -0.625. The second-order valence-electron chi connectivity index (χ2n) is 3.40. The van der Waals surface area contributed by atoms with Gasteiger partial charge in [-0.25, -0.2) is 9.97 Å². The molecular weight excluding hydrogens is 263 g/mol. The van der Waals surface area contributed by atoms with Gasteiger partial charge in [0.2, 0.25) is 0 Å². The van der Waals surface area contributed by atoms with Crippen molar-refractivity contribution in [2.75, 3.05) is 5.73 Å². The van der Waals surface area contributed by atoms with Crippen molar-refractivity contribution in [3.8, 4) is 17.5 Å². The van der Waals surface area contributed by atoms with E-state index < -0.39 is 12.1 Å². The van der Waals surface area contributed by atoms with Crippen LogP contribution in [0, 0.1) is 0 Å². The molecule has 1 heterocycles. The standard InChI is InChI=1S/C11H8F3N3O2/c12-11(13,14)19-9-4-2-1-3-8(9)18-10-16-5-7(15)6-17-10/h1-6H,15H2. The van der Waals surface area contributed by atoms with E-state index in [0.717, 1.165) is 6.07 Å². The molecule has 2 N–H and O–H groups in total. The van der Waals surface area contributed by atoms with Crippen LogP contribution >= 0.6 is 0 Å². The van der Waals surface area contributed by atoms with Crippen molar-refractivity contribution in [1.82, 2.24) is 9.97 Å². The van der Waals surface area contributed by atoms with E-state index in [1.807, 2.05) is 0 Å². The van der Waals surface area contributed by atoms with Crippen molar-refractivity contribution in [3.63, 3.8) is 0 Å². The Morgan fingerprint density at radius 2 is 1.58 bits per heavy atom. The lowest BCUT2D eigenvalue weighted by Gasteiger charge is -2.12. The van der Waals surface area contributed by atoms with Gasteiger partial charge in [0.1, 0.15) is 0 Å². The normalized spacial score (nSPS) is 11.1. The summed E-state index contributed by atoms with van der Waals surface area (Å²) in [6, 6.07) is 5.18. The number of nitrogens with two attached hydrogens (primary N) is 1. The van der Waals surface area contributed by atoms with E-state index in [0.29, 0.717) is 5.69 Å². The minimum absolute atomic E-state index is 0.132. The highest BCUT2D eigenvalue weighted by atomic mass is 19.4. The molecule has 100 valence electrons. The van der Waals surface area contributed by atoms with Crippen LogP contribution in [0.2, 0.25) is 0 Å². The fourth-order valence-corrected chi connectivity index (χ4v) is 1.22. The average molecular weight is 271 g/mol. The quantitative estimate of drug-likeness (QED) is 0.929. The van der Waals surface area contributed by atoms with Crippen molar-refractivity contribution >= 4 is 5.69 Å². The minimum atomic E-state index is -4.80. The molecule has 0 amide bonds. The van der Waals surface area contributed by atoms with Crippen molar-refractivity contribution in [1.29, 1.82) is 0 Å². The Labute approximate surface area is 105 Å². The highest BCUT2D eigenvalue weighted by molar-refractivity contribution is 5.41. The highest BCUT2D eigenvalue weighted by Crippen LogP contribution is 2.33. The van der Waals surface area contributed by atoms with Crippen LogP contribution in [-0.4, -0.2) is 16.3 Å². The van der Waals surface area contributed by atoms with E-state index >= 15 is 0 Å². The van der Waals surface area contributed by atoms with E-state index in [9.17, 15) is 13.2 Å². The molecule has 0 bridgehead atoms. The maximum absolute atomic E-state index is 12.2. The van der Waals surface area contributed by atoms with Crippen molar-refractivity contribution < 1.29 is 22.6 Å². The number of para-hydroxylation sites is 2. The van der Waals surface area contributed by atoms with E-state index in [-0.39, 0.29) is 11.8 Å². The number of ether oxygens (including phenoxy) is 2. The Bertz CT molecular complexity index is 558. The van der Waals surface area contributed by atoms with Gasteiger partial charge in [-0.05, 0) is 12.1 Å². The lowest BCUT2D eigenvalue weighted by atomic mass is 10.3. The van der Waals surface area contributed by atoms with E-state index in [1.165, 1.54) is 30.6 Å². The largest absolute Gasteiger partial charge is 0.573 e. The van der Waals surface area contributed by atoms with Crippen LogP contribution in [0.4, 0.5) is 18.9 Å². The van der Waals surface area contributed by atoms with Gasteiger partial charge in [-0.2, -0.15) is 0 Å². The van der Waals surface area contributed by atoms with Gasteiger partial charge in [0.05, 0.1) is 18.1 Å². The molecule has 0 saturated heterocycles. The molecule has 19 heavy (non-hydrogen) atoms. The number of nitrogen functional groups attached to an aromatic ring is 1. The molecule has 2 aromatic rings. The number of aromatic nitrogens is 2. The summed E-state index contributed by atoms with van der Waals surface area (Å²) in [7, 11) is 0. The van der Waals surface area contributed by atoms with E-state index in [1.54, 1.807) is 0 Å². The monoisotopic (exact) mass is 271 g/mol. The second kappa shape index (κ2) is 5.01. The van der Waals surface area contributed by atoms with Gasteiger partial charge >= 0.3 is 12.4 Å². The zero-order valence-electron chi connectivity index (χ0n) is 9.39. The Kier molecular flexibility index (Phi) is 3.41. The third kappa shape index (κ3) is 3.73. The van der Waals surface area contributed by atoms with Gasteiger partial charge in [0.15, 0.2) is 11.5 Å². The number of anilines is 1. The Hall–Kier alpha value is -2.51. The van der Waals surface area contributed by atoms with Crippen LogP contribution in [-0.2, 0) is 0 Å². The molecule has 0 spiro atoms. The average Bonchev–Trinajstić information content (AvgIpc) is 2.33. The zero-order chi connectivity index (χ0) is 13.9. The molecule has 0 unspecified atom stereocenters. The zero-order valence-corrected chi connectivity index (χ0v) is 9.39. The molecule has 0 radical (unpaired) electrons. The molecule has 0 atom stereocenters. The fourth-order valence-electron chi connectivity index (χ4n) is 1.22. The number of alkyl halides is 3. The lowest BCUT2D eigenvalue weighted by Crippen LogP contribution is -2.17. The first-order valence-corrected chi connectivity index (χ1v) is 5.04. The van der Waals surface area contributed by atoms with Gasteiger partial charge < -0.3 is 15.2 Å². The molecule has 1 aromatic heterocycles. The van der Waals surface area contributed by atoms with Gasteiger partial charge in [-0.1, -0.05) is 12.1 Å². The Morgan fingerprint density at radius 3 is 2.16 bits per heavy atom.